The second-order valence-corrected chi connectivity index (χ2v) is 5.31. The molecular weight excluding hydrogens is 267 g/mol. The molecule has 0 aliphatic carbocycles. The van der Waals surface area contributed by atoms with Gasteiger partial charge in [-0.1, -0.05) is 37.3 Å². The summed E-state index contributed by atoms with van der Waals surface area (Å²) < 4.78 is 10.8. The van der Waals surface area contributed by atoms with Gasteiger partial charge in [0, 0.05) is 0 Å². The van der Waals surface area contributed by atoms with E-state index in [1.807, 2.05) is 37.3 Å². The van der Waals surface area contributed by atoms with Crippen molar-refractivity contribution in [1.29, 1.82) is 0 Å². The van der Waals surface area contributed by atoms with Crippen LogP contribution >= 0.6 is 19.0 Å². The Morgan fingerprint density at radius 3 is 2.72 bits per heavy atom. The molecule has 98 valence electrons. The average molecular weight is 285 g/mol. The van der Waals surface area contributed by atoms with Gasteiger partial charge in [0.05, 0.1) is 6.26 Å². The van der Waals surface area contributed by atoms with Crippen molar-refractivity contribution < 1.29 is 9.05 Å². The first-order valence-corrected chi connectivity index (χ1v) is 7.98. The lowest BCUT2D eigenvalue weighted by molar-refractivity contribution is 0.458. The lowest BCUT2D eigenvalue weighted by Gasteiger charge is -2.11. The number of rotatable bonds is 7. The van der Waals surface area contributed by atoms with Crippen LogP contribution in [0.1, 0.15) is 25.3 Å². The first-order valence-electron chi connectivity index (χ1n) is 5.90. The summed E-state index contributed by atoms with van der Waals surface area (Å²) in [4.78, 5) is 0. The number of benzene rings is 1. The van der Waals surface area contributed by atoms with E-state index >= 15 is 0 Å². The Labute approximate surface area is 115 Å². The minimum Gasteiger partial charge on any atom is -0.436 e. The largest absolute Gasteiger partial charge is 0.436 e. The molecule has 2 nitrogen and oxygen atoms in total. The zero-order chi connectivity index (χ0) is 13.2. The molecule has 0 aromatic heterocycles. The monoisotopic (exact) mass is 284 g/mol. The molecule has 18 heavy (non-hydrogen) atoms. The molecule has 1 unspecified atom stereocenters. The van der Waals surface area contributed by atoms with Crippen LogP contribution in [-0.4, -0.2) is 0 Å². The molecule has 0 heterocycles. The fourth-order valence-corrected chi connectivity index (χ4v) is 2.19. The van der Waals surface area contributed by atoms with Crippen molar-refractivity contribution >= 4 is 19.0 Å². The van der Waals surface area contributed by atoms with E-state index < -0.39 is 7.73 Å². The molecule has 1 aromatic carbocycles. The molecule has 1 rings (SSSR count). The predicted octanol–water partition coefficient (Wildman–Crippen LogP) is 5.73. The predicted molar refractivity (Wildman–Crippen MR) is 78.9 cm³/mol. The maximum atomic E-state index is 5.98. The van der Waals surface area contributed by atoms with Crippen LogP contribution in [0.25, 0.3) is 0 Å². The van der Waals surface area contributed by atoms with E-state index in [2.05, 4.69) is 19.1 Å². The lowest BCUT2D eigenvalue weighted by atomic mass is 10.2. The summed E-state index contributed by atoms with van der Waals surface area (Å²) in [5, 5.41) is 0. The highest BCUT2D eigenvalue weighted by Gasteiger charge is 2.09. The summed E-state index contributed by atoms with van der Waals surface area (Å²) in [6.45, 7) is 4.07. The Kier molecular flexibility index (Phi) is 7.55. The van der Waals surface area contributed by atoms with Crippen LogP contribution < -0.4 is 4.52 Å². The SMILES string of the molecule is CCC=CCC=COP(Cl)Oc1ccccc1C. The molecule has 0 aliphatic rings. The minimum atomic E-state index is -1.44. The van der Waals surface area contributed by atoms with Crippen molar-refractivity contribution in [3.05, 3.63) is 54.3 Å². The highest BCUT2D eigenvalue weighted by molar-refractivity contribution is 7.76. The van der Waals surface area contributed by atoms with Crippen LogP contribution in [0.3, 0.4) is 0 Å². The first-order chi connectivity index (χ1) is 8.74. The summed E-state index contributed by atoms with van der Waals surface area (Å²) in [5.41, 5.74) is 1.05. The third-order valence-corrected chi connectivity index (χ3v) is 3.25. The van der Waals surface area contributed by atoms with Crippen LogP contribution in [0.4, 0.5) is 0 Å². The van der Waals surface area contributed by atoms with Gasteiger partial charge in [-0.25, -0.2) is 0 Å². The molecule has 0 bridgehead atoms. The van der Waals surface area contributed by atoms with Crippen LogP contribution in [0, 0.1) is 6.92 Å². The number of para-hydroxylation sites is 1. The molecule has 0 amide bonds. The number of hydrogen-bond donors (Lipinski definition) is 0. The summed E-state index contributed by atoms with van der Waals surface area (Å²) in [6.07, 6.45) is 9.59. The van der Waals surface area contributed by atoms with Gasteiger partial charge in [-0.15, -0.1) is 0 Å². The fraction of sp³-hybridized carbons (Fsp3) is 0.286. The molecule has 0 saturated heterocycles. The van der Waals surface area contributed by atoms with E-state index in [1.165, 1.54) is 0 Å². The molecule has 0 fully saturated rings. The van der Waals surface area contributed by atoms with Crippen LogP contribution in [0.15, 0.2) is 48.8 Å². The van der Waals surface area contributed by atoms with Crippen molar-refractivity contribution in [2.45, 2.75) is 26.7 Å². The molecule has 0 aliphatic heterocycles. The Morgan fingerprint density at radius 2 is 2.00 bits per heavy atom. The van der Waals surface area contributed by atoms with Gasteiger partial charge in [0.15, 0.2) is 0 Å². The van der Waals surface area contributed by atoms with Gasteiger partial charge in [-0.05, 0) is 48.7 Å². The van der Waals surface area contributed by atoms with Crippen LogP contribution in [0.2, 0.25) is 0 Å². The van der Waals surface area contributed by atoms with E-state index in [4.69, 9.17) is 20.3 Å². The number of hydrogen-bond acceptors (Lipinski definition) is 2. The molecule has 0 spiro atoms. The Balaban J connectivity index is 2.31. The maximum absolute atomic E-state index is 5.98. The Hall–Kier alpha value is -0.980. The fourth-order valence-electron chi connectivity index (χ4n) is 1.25. The number of aryl methyl sites for hydroxylation is 1. The molecule has 1 atom stereocenters. The van der Waals surface area contributed by atoms with Gasteiger partial charge >= 0.3 is 7.73 Å². The van der Waals surface area contributed by atoms with Gasteiger partial charge in [0.2, 0.25) is 0 Å². The van der Waals surface area contributed by atoms with E-state index in [1.54, 1.807) is 6.26 Å². The van der Waals surface area contributed by atoms with Crippen molar-refractivity contribution in [3.8, 4) is 5.75 Å². The van der Waals surface area contributed by atoms with E-state index in [9.17, 15) is 0 Å². The zero-order valence-electron chi connectivity index (χ0n) is 10.7. The maximum Gasteiger partial charge on any atom is 0.400 e. The van der Waals surface area contributed by atoms with Gasteiger partial charge < -0.3 is 9.05 Å². The average Bonchev–Trinajstić information content (AvgIpc) is 2.36. The van der Waals surface area contributed by atoms with Gasteiger partial charge in [-0.2, -0.15) is 0 Å². The van der Waals surface area contributed by atoms with Crippen molar-refractivity contribution in [1.82, 2.24) is 0 Å². The van der Waals surface area contributed by atoms with Crippen LogP contribution in [-0.2, 0) is 4.52 Å². The van der Waals surface area contributed by atoms with Gasteiger partial charge in [0.1, 0.15) is 5.75 Å². The highest BCUT2D eigenvalue weighted by Crippen LogP contribution is 2.45. The lowest BCUT2D eigenvalue weighted by Crippen LogP contribution is -1.86. The quantitative estimate of drug-likeness (QED) is 0.362. The first kappa shape index (κ1) is 15.1. The topological polar surface area (TPSA) is 18.5 Å². The number of halogens is 1. The van der Waals surface area contributed by atoms with Gasteiger partial charge in [0.25, 0.3) is 0 Å². The highest BCUT2D eigenvalue weighted by atomic mass is 35.7. The van der Waals surface area contributed by atoms with Crippen molar-refractivity contribution in [2.75, 3.05) is 0 Å². The molecule has 0 saturated carbocycles. The van der Waals surface area contributed by atoms with E-state index in [-0.39, 0.29) is 0 Å². The summed E-state index contributed by atoms with van der Waals surface area (Å²) in [7, 11) is -1.44. The van der Waals surface area contributed by atoms with E-state index in [0.717, 1.165) is 24.2 Å². The van der Waals surface area contributed by atoms with E-state index in [0.29, 0.717) is 0 Å². The standard InChI is InChI=1S/C14H18ClO2P/c1-3-4-5-6-9-12-16-18(15)17-14-11-8-7-10-13(14)2/h4-5,7-12H,3,6H2,1-2H3. The molecular formula is C14H18ClO2P. The zero-order valence-corrected chi connectivity index (χ0v) is 12.3. The Morgan fingerprint density at radius 1 is 1.22 bits per heavy atom. The second kappa shape index (κ2) is 9.02. The third kappa shape index (κ3) is 6.09. The van der Waals surface area contributed by atoms with Gasteiger partial charge in [-0.3, -0.25) is 0 Å². The molecule has 0 radical (unpaired) electrons. The smallest absolute Gasteiger partial charge is 0.400 e. The van der Waals surface area contributed by atoms with Crippen molar-refractivity contribution in [2.24, 2.45) is 0 Å². The summed E-state index contributed by atoms with van der Waals surface area (Å²) in [5.74, 6) is 0.762. The third-order valence-electron chi connectivity index (χ3n) is 2.18. The summed E-state index contributed by atoms with van der Waals surface area (Å²) >= 11 is 5.98. The second-order valence-electron chi connectivity index (χ2n) is 3.66. The molecule has 0 N–H and O–H groups in total. The normalized spacial score (nSPS) is 13.1. The van der Waals surface area contributed by atoms with Crippen LogP contribution in [0.5, 0.6) is 5.75 Å². The van der Waals surface area contributed by atoms with Crippen molar-refractivity contribution in [3.63, 3.8) is 0 Å². The minimum absolute atomic E-state index is 0.762. The molecule has 4 heteroatoms. The number of allylic oxidation sites excluding steroid dienone is 3. The Bertz CT molecular complexity index is 405. The summed E-state index contributed by atoms with van der Waals surface area (Å²) in [6, 6.07) is 7.72. The molecule has 1 aromatic rings.